The van der Waals surface area contributed by atoms with Gasteiger partial charge >= 0.3 is 27.2 Å². The molecule has 0 aliphatic rings. The van der Waals surface area contributed by atoms with Gasteiger partial charge < -0.3 is 9.36 Å². The molecule has 0 unspecified atom stereocenters. The van der Waals surface area contributed by atoms with Gasteiger partial charge in [0.25, 0.3) is 0 Å². The normalized spacial score (nSPS) is 11.9. The Balaban J connectivity index is 0.00000272. The number of alkyl halides is 3. The third-order valence-corrected chi connectivity index (χ3v) is 4.66. The maximum Gasteiger partial charge on any atom is 2.00 e. The van der Waals surface area contributed by atoms with Gasteiger partial charge in [0.1, 0.15) is 0 Å². The van der Waals surface area contributed by atoms with Crippen LogP contribution in [-0.4, -0.2) is 29.5 Å². The van der Waals surface area contributed by atoms with Crippen molar-refractivity contribution in [2.45, 2.75) is 32.4 Å². The molecule has 6 nitrogen and oxygen atoms in total. The molecule has 0 aromatic carbocycles. The fourth-order valence-corrected chi connectivity index (χ4v) is 2.94. The van der Waals surface area contributed by atoms with Gasteiger partial charge in [0, 0.05) is 16.8 Å². The maximum atomic E-state index is 12.9. The molecular formula is C21H17F3N6Pt. The zero-order valence-electron chi connectivity index (χ0n) is 16.8. The molecule has 0 aliphatic heterocycles. The van der Waals surface area contributed by atoms with Crippen LogP contribution in [0.3, 0.4) is 0 Å². The van der Waals surface area contributed by atoms with Crippen LogP contribution in [0.4, 0.5) is 13.2 Å². The molecule has 31 heavy (non-hydrogen) atoms. The van der Waals surface area contributed by atoms with Crippen molar-refractivity contribution < 1.29 is 34.2 Å². The molecule has 4 aromatic rings. The van der Waals surface area contributed by atoms with Gasteiger partial charge in [0.15, 0.2) is 0 Å². The van der Waals surface area contributed by atoms with Gasteiger partial charge in [-0.3, -0.25) is 20.2 Å². The second-order valence-corrected chi connectivity index (χ2v) is 7.28. The van der Waals surface area contributed by atoms with Crippen molar-refractivity contribution in [2.75, 3.05) is 0 Å². The van der Waals surface area contributed by atoms with E-state index in [0.717, 1.165) is 22.1 Å². The van der Waals surface area contributed by atoms with Gasteiger partial charge in [0.2, 0.25) is 0 Å². The van der Waals surface area contributed by atoms with Crippen LogP contribution in [-0.2, 0) is 32.7 Å². The average molecular weight is 605 g/mol. The molecule has 0 spiro atoms. The Morgan fingerprint density at radius 2 is 1.29 bits per heavy atom. The van der Waals surface area contributed by atoms with Crippen molar-refractivity contribution in [2.24, 2.45) is 0 Å². The summed E-state index contributed by atoms with van der Waals surface area (Å²) in [6, 6.07) is 13.2. The summed E-state index contributed by atoms with van der Waals surface area (Å²) in [5.74, 6) is 0.850. The predicted octanol–water partition coefficient (Wildman–Crippen LogP) is 4.10. The molecule has 0 N–H and O–H groups in total. The van der Waals surface area contributed by atoms with E-state index in [1.165, 1.54) is 0 Å². The molecule has 0 fully saturated rings. The number of aromatic nitrogens is 6. The Bertz CT molecular complexity index is 1200. The van der Waals surface area contributed by atoms with E-state index in [4.69, 9.17) is 4.98 Å². The summed E-state index contributed by atoms with van der Waals surface area (Å²) in [5.41, 5.74) is 0.529. The van der Waals surface area contributed by atoms with Crippen molar-refractivity contribution >= 4 is 0 Å². The molecule has 0 saturated heterocycles. The van der Waals surface area contributed by atoms with Crippen molar-refractivity contribution in [3.05, 3.63) is 83.7 Å². The minimum absolute atomic E-state index is 0. The summed E-state index contributed by atoms with van der Waals surface area (Å²) >= 11 is 0. The first-order valence-corrected chi connectivity index (χ1v) is 9.10. The Morgan fingerprint density at radius 3 is 1.74 bits per heavy atom. The molecule has 0 amide bonds. The summed E-state index contributed by atoms with van der Waals surface area (Å²) in [5, 5.41) is 7.87. The molecule has 0 atom stereocenters. The zero-order chi connectivity index (χ0) is 21.5. The smallest absolute Gasteiger partial charge is 0.343 e. The topological polar surface area (TPSA) is 61.4 Å². The second-order valence-electron chi connectivity index (χ2n) is 7.28. The van der Waals surface area contributed by atoms with E-state index in [1.807, 2.05) is 39.0 Å². The van der Waals surface area contributed by atoms with Gasteiger partial charge in [0.05, 0.1) is 17.3 Å². The minimum Gasteiger partial charge on any atom is -0.343 e. The molecule has 0 radical (unpaired) electrons. The summed E-state index contributed by atoms with van der Waals surface area (Å²) in [6.07, 6.45) is 0.940. The van der Waals surface area contributed by atoms with Crippen LogP contribution >= 0.6 is 0 Å². The number of halogens is 3. The zero-order valence-corrected chi connectivity index (χ0v) is 19.0. The molecule has 162 valence electrons. The van der Waals surface area contributed by atoms with Crippen molar-refractivity contribution in [1.82, 2.24) is 29.5 Å². The monoisotopic (exact) mass is 605 g/mol. The van der Waals surface area contributed by atoms with E-state index in [0.29, 0.717) is 11.5 Å². The van der Waals surface area contributed by atoms with Crippen molar-refractivity contribution in [3.63, 3.8) is 0 Å². The summed E-state index contributed by atoms with van der Waals surface area (Å²) in [7, 11) is 0. The van der Waals surface area contributed by atoms with Crippen molar-refractivity contribution in [3.8, 4) is 11.6 Å². The molecule has 4 aromatic heterocycles. The first-order valence-electron chi connectivity index (χ1n) is 9.10. The fourth-order valence-electron chi connectivity index (χ4n) is 2.94. The molecule has 4 rings (SSSR count). The molecule has 4 heterocycles. The van der Waals surface area contributed by atoms with E-state index < -0.39 is 17.3 Å². The Labute approximate surface area is 191 Å². The Kier molecular flexibility index (Phi) is 6.18. The van der Waals surface area contributed by atoms with Gasteiger partial charge in [-0.25, -0.2) is 0 Å². The maximum absolute atomic E-state index is 12.9. The fraction of sp³-hybridized carbons (Fsp3) is 0.238. The van der Waals surface area contributed by atoms with Crippen LogP contribution in [0.25, 0.3) is 11.6 Å². The van der Waals surface area contributed by atoms with E-state index >= 15 is 0 Å². The Hall–Kier alpha value is -2.80. The van der Waals surface area contributed by atoms with Crippen LogP contribution in [0.2, 0.25) is 0 Å². The molecular weight excluding hydrogens is 588 g/mol. The van der Waals surface area contributed by atoms with Crippen LogP contribution in [0, 0.1) is 19.3 Å². The molecule has 0 saturated carbocycles. The standard InChI is InChI=1S/C21H17F3N6.Pt/c1-14-10-12-29(27-14)18-8-4-6-15(25-18)20(2,3)16-7-5-9-19(26-16)30-13-11-17(28-30)21(22,23)24;/h4-11H,1-3H3;/q-2;+2. The second kappa shape index (κ2) is 8.38. The Morgan fingerprint density at radius 1 is 0.774 bits per heavy atom. The van der Waals surface area contributed by atoms with Crippen molar-refractivity contribution in [1.29, 1.82) is 0 Å². The predicted molar refractivity (Wildman–Crippen MR) is 102 cm³/mol. The third-order valence-electron chi connectivity index (χ3n) is 4.66. The quantitative estimate of drug-likeness (QED) is 0.329. The third kappa shape index (κ3) is 4.61. The average Bonchev–Trinajstić information content (AvgIpc) is 3.37. The van der Waals surface area contributed by atoms with E-state index in [2.05, 4.69) is 27.6 Å². The van der Waals surface area contributed by atoms with E-state index in [1.54, 1.807) is 28.9 Å². The van der Waals surface area contributed by atoms with Gasteiger partial charge in [-0.2, -0.15) is 13.2 Å². The van der Waals surface area contributed by atoms with Gasteiger partial charge in [-0.15, -0.1) is 12.1 Å². The van der Waals surface area contributed by atoms with Crippen LogP contribution < -0.4 is 0 Å². The number of aryl methyl sites for hydroxylation is 1. The van der Waals surface area contributed by atoms with E-state index in [-0.39, 0.29) is 26.9 Å². The molecule has 10 heteroatoms. The van der Waals surface area contributed by atoms with Gasteiger partial charge in [-0.1, -0.05) is 43.6 Å². The summed E-state index contributed by atoms with van der Waals surface area (Å²) < 4.78 is 41.1. The summed E-state index contributed by atoms with van der Waals surface area (Å²) in [6.45, 7) is 5.75. The number of hydrogen-bond acceptors (Lipinski definition) is 4. The molecule has 0 bridgehead atoms. The van der Waals surface area contributed by atoms with Crippen LogP contribution in [0.15, 0.2) is 48.5 Å². The summed E-state index contributed by atoms with van der Waals surface area (Å²) in [4.78, 5) is 9.22. The van der Waals surface area contributed by atoms with Gasteiger partial charge in [-0.05, 0) is 31.7 Å². The largest absolute Gasteiger partial charge is 2.00 e. The number of pyridine rings is 2. The minimum atomic E-state index is -4.54. The number of hydrogen-bond donors (Lipinski definition) is 0. The number of rotatable bonds is 4. The first-order chi connectivity index (χ1) is 14.1. The van der Waals surface area contributed by atoms with Crippen LogP contribution in [0.1, 0.15) is 36.6 Å². The SMILES string of the molecule is Cc1c[c-]n(-c2cccc(C(C)(C)c3cccc(-n4[c-]cc(C(F)(F)F)n4)n3)n2)n1.[Pt+2]. The molecule has 0 aliphatic carbocycles. The van der Waals surface area contributed by atoms with E-state index in [9.17, 15) is 13.2 Å². The first kappa shape index (κ1) is 22.9. The number of nitrogens with zero attached hydrogens (tertiary/aromatic N) is 6. The van der Waals surface area contributed by atoms with Crippen LogP contribution in [0.5, 0.6) is 0 Å².